The number of halogens is 1. The Hall–Kier alpha value is -0.280. The van der Waals surface area contributed by atoms with Gasteiger partial charge in [-0.25, -0.2) is 0 Å². The van der Waals surface area contributed by atoms with Crippen LogP contribution in [0.5, 0.6) is 0 Å². The number of carbonyl (C=O) groups excluding carboxylic acids is 1. The van der Waals surface area contributed by atoms with E-state index in [1.54, 1.807) is 0 Å². The molecule has 0 aromatic rings. The quantitative estimate of drug-likeness (QED) is 0.808. The van der Waals surface area contributed by atoms with Crippen LogP contribution in [0.25, 0.3) is 0 Å². The van der Waals surface area contributed by atoms with Crippen molar-refractivity contribution in [2.75, 3.05) is 26.2 Å². The number of hydrogen-bond donors (Lipinski definition) is 1. The van der Waals surface area contributed by atoms with Crippen molar-refractivity contribution in [3.63, 3.8) is 0 Å². The van der Waals surface area contributed by atoms with Gasteiger partial charge in [0.2, 0.25) is 5.91 Å². The van der Waals surface area contributed by atoms with Crippen molar-refractivity contribution in [3.8, 4) is 0 Å². The number of nitrogens with zero attached hydrogens (tertiary/aromatic N) is 1. The molecule has 1 N–H and O–H groups in total. The first-order valence-corrected chi connectivity index (χ1v) is 6.91. The summed E-state index contributed by atoms with van der Waals surface area (Å²) in [5, 5.41) is 3.25. The fourth-order valence-electron chi connectivity index (χ4n) is 2.29. The maximum Gasteiger partial charge on any atom is 0.225 e. The van der Waals surface area contributed by atoms with Crippen LogP contribution in [0.4, 0.5) is 0 Å². The van der Waals surface area contributed by atoms with Crippen molar-refractivity contribution >= 4 is 18.3 Å². The highest BCUT2D eigenvalue weighted by Crippen LogP contribution is 2.19. The summed E-state index contributed by atoms with van der Waals surface area (Å²) in [6.45, 7) is 14.6. The van der Waals surface area contributed by atoms with Gasteiger partial charge in [0.05, 0.1) is 0 Å². The van der Waals surface area contributed by atoms with E-state index in [2.05, 4.69) is 44.8 Å². The number of nitrogens with one attached hydrogen (secondary N) is 1. The first-order chi connectivity index (χ1) is 7.91. The second kappa shape index (κ2) is 8.00. The molecule has 1 amide bonds. The van der Waals surface area contributed by atoms with Gasteiger partial charge >= 0.3 is 0 Å². The van der Waals surface area contributed by atoms with E-state index in [0.29, 0.717) is 23.7 Å². The summed E-state index contributed by atoms with van der Waals surface area (Å²) in [6.07, 6.45) is 0. The van der Waals surface area contributed by atoms with Gasteiger partial charge in [-0.3, -0.25) is 4.79 Å². The highest BCUT2D eigenvalue weighted by atomic mass is 35.5. The molecule has 108 valence electrons. The average Bonchev–Trinajstić information content (AvgIpc) is 2.11. The third-order valence-corrected chi connectivity index (χ3v) is 3.39. The zero-order valence-electron chi connectivity index (χ0n) is 12.4. The van der Waals surface area contributed by atoms with E-state index >= 15 is 0 Å². The summed E-state index contributed by atoms with van der Waals surface area (Å²) >= 11 is 0. The van der Waals surface area contributed by atoms with Gasteiger partial charge in [0.1, 0.15) is 0 Å². The van der Waals surface area contributed by atoms with Crippen LogP contribution in [0.3, 0.4) is 0 Å². The van der Waals surface area contributed by atoms with Gasteiger partial charge in [-0.2, -0.15) is 0 Å². The van der Waals surface area contributed by atoms with Crippen LogP contribution < -0.4 is 5.32 Å². The molecule has 0 saturated carbocycles. The number of amides is 1. The summed E-state index contributed by atoms with van der Waals surface area (Å²) < 4.78 is 0. The molecule has 0 radical (unpaired) electrons. The number of hydrogen-bond acceptors (Lipinski definition) is 2. The Morgan fingerprint density at radius 1 is 1.11 bits per heavy atom. The lowest BCUT2D eigenvalue weighted by atomic mass is 9.87. The van der Waals surface area contributed by atoms with Crippen molar-refractivity contribution in [1.82, 2.24) is 10.2 Å². The largest absolute Gasteiger partial charge is 0.342 e. The molecular formula is C14H29ClN2O. The fraction of sp³-hybridized carbons (Fsp3) is 0.929. The van der Waals surface area contributed by atoms with E-state index in [-0.39, 0.29) is 18.3 Å². The Morgan fingerprint density at radius 3 is 1.83 bits per heavy atom. The van der Waals surface area contributed by atoms with Crippen LogP contribution in [0.15, 0.2) is 0 Å². The molecule has 18 heavy (non-hydrogen) atoms. The SMILES string of the molecule is CC(C)CN(CC(C)C)C(=O)C(C)C1CNC1.Cl. The van der Waals surface area contributed by atoms with Crippen molar-refractivity contribution in [1.29, 1.82) is 0 Å². The molecule has 1 atom stereocenters. The van der Waals surface area contributed by atoms with E-state index in [0.717, 1.165) is 26.2 Å². The van der Waals surface area contributed by atoms with Crippen molar-refractivity contribution in [2.24, 2.45) is 23.7 Å². The monoisotopic (exact) mass is 276 g/mol. The van der Waals surface area contributed by atoms with E-state index in [4.69, 9.17) is 0 Å². The minimum absolute atomic E-state index is 0. The minimum Gasteiger partial charge on any atom is -0.342 e. The summed E-state index contributed by atoms with van der Waals surface area (Å²) in [5.74, 6) is 2.16. The highest BCUT2D eigenvalue weighted by Gasteiger charge is 2.31. The van der Waals surface area contributed by atoms with E-state index in [1.807, 2.05) is 0 Å². The smallest absolute Gasteiger partial charge is 0.225 e. The summed E-state index contributed by atoms with van der Waals surface area (Å²) in [6, 6.07) is 0. The minimum atomic E-state index is 0. The lowest BCUT2D eigenvalue weighted by molar-refractivity contribution is -0.138. The van der Waals surface area contributed by atoms with Gasteiger partial charge in [0.25, 0.3) is 0 Å². The molecule has 1 aliphatic heterocycles. The first-order valence-electron chi connectivity index (χ1n) is 6.91. The summed E-state index contributed by atoms with van der Waals surface area (Å²) in [7, 11) is 0. The predicted molar refractivity (Wildman–Crippen MR) is 79.0 cm³/mol. The third kappa shape index (κ3) is 5.15. The zero-order valence-corrected chi connectivity index (χ0v) is 13.2. The van der Waals surface area contributed by atoms with Gasteiger partial charge in [-0.1, -0.05) is 34.6 Å². The van der Waals surface area contributed by atoms with Crippen LogP contribution in [0.2, 0.25) is 0 Å². The van der Waals surface area contributed by atoms with Gasteiger partial charge in [-0.15, -0.1) is 12.4 Å². The van der Waals surface area contributed by atoms with Gasteiger partial charge < -0.3 is 10.2 Å². The molecule has 0 spiro atoms. The molecule has 0 aromatic carbocycles. The second-order valence-electron chi connectivity index (χ2n) is 6.24. The molecular weight excluding hydrogens is 248 g/mol. The topological polar surface area (TPSA) is 32.3 Å². The average molecular weight is 277 g/mol. The van der Waals surface area contributed by atoms with Crippen LogP contribution in [0, 0.1) is 23.7 Å². The van der Waals surface area contributed by atoms with Gasteiger partial charge in [0, 0.05) is 19.0 Å². The number of rotatable bonds is 6. The van der Waals surface area contributed by atoms with Crippen LogP contribution >= 0.6 is 12.4 Å². The Kier molecular flexibility index (Phi) is 7.88. The zero-order chi connectivity index (χ0) is 13.0. The van der Waals surface area contributed by atoms with Gasteiger partial charge in [0.15, 0.2) is 0 Å². The van der Waals surface area contributed by atoms with E-state index in [1.165, 1.54) is 0 Å². The molecule has 1 unspecified atom stereocenters. The maximum absolute atomic E-state index is 12.4. The molecule has 4 heteroatoms. The molecule has 1 aliphatic rings. The molecule has 0 aliphatic carbocycles. The van der Waals surface area contributed by atoms with Crippen LogP contribution in [-0.2, 0) is 4.79 Å². The summed E-state index contributed by atoms with van der Waals surface area (Å²) in [4.78, 5) is 14.5. The van der Waals surface area contributed by atoms with E-state index in [9.17, 15) is 4.79 Å². The predicted octanol–water partition coefficient (Wildman–Crippen LogP) is 2.40. The molecule has 1 saturated heterocycles. The van der Waals surface area contributed by atoms with Crippen LogP contribution in [0.1, 0.15) is 34.6 Å². The maximum atomic E-state index is 12.4. The Bertz CT molecular complexity index is 242. The molecule has 1 rings (SSSR count). The second-order valence-corrected chi connectivity index (χ2v) is 6.24. The van der Waals surface area contributed by atoms with Crippen LogP contribution in [-0.4, -0.2) is 37.0 Å². The van der Waals surface area contributed by atoms with Crippen molar-refractivity contribution in [2.45, 2.75) is 34.6 Å². The Balaban J connectivity index is 0.00000289. The lowest BCUT2D eigenvalue weighted by Crippen LogP contribution is -2.51. The Morgan fingerprint density at radius 2 is 1.56 bits per heavy atom. The molecule has 0 bridgehead atoms. The third-order valence-electron chi connectivity index (χ3n) is 3.39. The van der Waals surface area contributed by atoms with Gasteiger partial charge in [-0.05, 0) is 30.8 Å². The molecule has 3 nitrogen and oxygen atoms in total. The molecule has 1 heterocycles. The molecule has 1 fully saturated rings. The first kappa shape index (κ1) is 17.7. The Labute approximate surface area is 118 Å². The number of carbonyl (C=O) groups is 1. The van der Waals surface area contributed by atoms with Crippen molar-refractivity contribution < 1.29 is 4.79 Å². The van der Waals surface area contributed by atoms with Crippen molar-refractivity contribution in [3.05, 3.63) is 0 Å². The highest BCUT2D eigenvalue weighted by molar-refractivity contribution is 5.85. The molecule has 0 aromatic heterocycles. The van der Waals surface area contributed by atoms with E-state index < -0.39 is 0 Å². The fourth-order valence-corrected chi connectivity index (χ4v) is 2.29. The summed E-state index contributed by atoms with van der Waals surface area (Å²) in [5.41, 5.74) is 0. The normalized spacial score (nSPS) is 17.3. The standard InChI is InChI=1S/C14H28N2O.ClH/c1-10(2)8-16(9-11(3)4)14(17)12(5)13-6-15-7-13;/h10-13,15H,6-9H2,1-5H3;1H. The lowest BCUT2D eigenvalue weighted by Gasteiger charge is -2.36.